The van der Waals surface area contributed by atoms with Gasteiger partial charge in [0, 0.05) is 38.4 Å². The molecule has 0 aliphatic carbocycles. The van der Waals surface area contributed by atoms with E-state index in [0.29, 0.717) is 12.4 Å². The van der Waals surface area contributed by atoms with Gasteiger partial charge < -0.3 is 15.4 Å². The highest BCUT2D eigenvalue weighted by Gasteiger charge is 2.10. The van der Waals surface area contributed by atoms with Crippen molar-refractivity contribution in [3.05, 3.63) is 59.3 Å². The number of likely N-dealkylation sites (tertiary alicyclic amines) is 1. The van der Waals surface area contributed by atoms with E-state index in [4.69, 9.17) is 4.74 Å². The molecule has 0 bridgehead atoms. The van der Waals surface area contributed by atoms with Gasteiger partial charge in [0.25, 0.3) is 0 Å². The van der Waals surface area contributed by atoms with Crippen LogP contribution in [0.3, 0.4) is 0 Å². The van der Waals surface area contributed by atoms with Crippen LogP contribution >= 0.6 is 24.0 Å². The van der Waals surface area contributed by atoms with E-state index in [0.717, 1.165) is 24.6 Å². The Kier molecular flexibility index (Phi) is 10.2. The summed E-state index contributed by atoms with van der Waals surface area (Å²) in [5.74, 6) is 1.39. The first-order valence-corrected chi connectivity index (χ1v) is 10.0. The fourth-order valence-corrected chi connectivity index (χ4v) is 3.47. The quantitative estimate of drug-likeness (QED) is 0.340. The second-order valence-electron chi connectivity index (χ2n) is 7.10. The van der Waals surface area contributed by atoms with Crippen LogP contribution in [0, 0.1) is 0 Å². The van der Waals surface area contributed by atoms with Crippen molar-refractivity contribution in [2.24, 2.45) is 4.99 Å². The molecule has 0 saturated carbocycles. The van der Waals surface area contributed by atoms with Crippen molar-refractivity contribution in [3.8, 4) is 5.88 Å². The molecule has 3 rings (SSSR count). The van der Waals surface area contributed by atoms with Gasteiger partial charge in [0.2, 0.25) is 5.88 Å². The Morgan fingerprint density at radius 2 is 1.72 bits per heavy atom. The monoisotopic (exact) mass is 509 g/mol. The molecule has 2 heterocycles. The molecule has 0 amide bonds. The number of halogens is 1. The lowest BCUT2D eigenvalue weighted by Gasteiger charge is -2.26. The third-order valence-corrected chi connectivity index (χ3v) is 5.05. The fourth-order valence-electron chi connectivity index (χ4n) is 3.47. The molecule has 1 aromatic carbocycles. The second kappa shape index (κ2) is 12.6. The van der Waals surface area contributed by atoms with Crippen molar-refractivity contribution in [3.63, 3.8) is 0 Å². The van der Waals surface area contributed by atoms with E-state index >= 15 is 0 Å². The van der Waals surface area contributed by atoms with Crippen LogP contribution in [0.2, 0.25) is 0 Å². The molecule has 0 unspecified atom stereocenters. The highest BCUT2D eigenvalue weighted by Crippen LogP contribution is 2.14. The smallest absolute Gasteiger partial charge is 0.218 e. The molecule has 7 heteroatoms. The van der Waals surface area contributed by atoms with Crippen molar-refractivity contribution < 1.29 is 4.74 Å². The summed E-state index contributed by atoms with van der Waals surface area (Å²) in [6.07, 6.45) is 5.77. The number of ether oxygens (including phenoxy) is 1. The minimum atomic E-state index is 0. The van der Waals surface area contributed by atoms with Crippen molar-refractivity contribution >= 4 is 29.9 Å². The van der Waals surface area contributed by atoms with Crippen LogP contribution in [0.1, 0.15) is 36.0 Å². The first kappa shape index (κ1) is 23.4. The topological polar surface area (TPSA) is 61.8 Å². The van der Waals surface area contributed by atoms with Crippen molar-refractivity contribution in [2.45, 2.75) is 38.9 Å². The summed E-state index contributed by atoms with van der Waals surface area (Å²) >= 11 is 0. The summed E-state index contributed by atoms with van der Waals surface area (Å²) in [6, 6.07) is 12.8. The van der Waals surface area contributed by atoms with Crippen LogP contribution in [0.25, 0.3) is 0 Å². The summed E-state index contributed by atoms with van der Waals surface area (Å²) in [4.78, 5) is 11.1. The molecule has 2 aromatic rings. The lowest BCUT2D eigenvalue weighted by atomic mass is 10.1. The first-order valence-electron chi connectivity index (χ1n) is 10.0. The Morgan fingerprint density at radius 1 is 1.03 bits per heavy atom. The van der Waals surface area contributed by atoms with E-state index in [1.54, 1.807) is 20.4 Å². The van der Waals surface area contributed by atoms with Gasteiger partial charge in [-0.25, -0.2) is 4.98 Å². The molecule has 6 nitrogen and oxygen atoms in total. The third kappa shape index (κ3) is 7.47. The number of guanidine groups is 1. The number of rotatable bonds is 7. The molecule has 0 spiro atoms. The van der Waals surface area contributed by atoms with Gasteiger partial charge in [0.1, 0.15) is 0 Å². The lowest BCUT2D eigenvalue weighted by Crippen LogP contribution is -2.36. The molecule has 1 saturated heterocycles. The predicted molar refractivity (Wildman–Crippen MR) is 129 cm³/mol. The second-order valence-corrected chi connectivity index (χ2v) is 7.10. The molecule has 158 valence electrons. The number of aliphatic imine (C=N–C) groups is 1. The maximum Gasteiger partial charge on any atom is 0.218 e. The molecule has 0 atom stereocenters. The summed E-state index contributed by atoms with van der Waals surface area (Å²) < 4.78 is 5.29. The minimum absolute atomic E-state index is 0. The number of nitrogens with one attached hydrogen (secondary N) is 2. The molecule has 0 radical (unpaired) electrons. The largest absolute Gasteiger partial charge is 0.481 e. The summed E-state index contributed by atoms with van der Waals surface area (Å²) in [7, 11) is 3.41. The van der Waals surface area contributed by atoms with Crippen molar-refractivity contribution in [1.29, 1.82) is 0 Å². The zero-order chi connectivity index (χ0) is 19.6. The summed E-state index contributed by atoms with van der Waals surface area (Å²) in [6.45, 7) is 4.85. The van der Waals surface area contributed by atoms with Gasteiger partial charge in [-0.05, 0) is 43.1 Å². The van der Waals surface area contributed by atoms with Crippen LogP contribution in [0.15, 0.2) is 47.6 Å². The molecule has 29 heavy (non-hydrogen) atoms. The Labute approximate surface area is 191 Å². The van der Waals surface area contributed by atoms with Crippen LogP contribution in [0.4, 0.5) is 0 Å². The number of aromatic nitrogens is 1. The molecule has 1 aliphatic rings. The third-order valence-electron chi connectivity index (χ3n) is 5.05. The zero-order valence-corrected chi connectivity index (χ0v) is 19.7. The standard InChI is InChI=1S/C22H31N5O.HI/c1-23-22(26-16-20-7-6-12-24-21(20)28-2)25-15-18-8-10-19(11-9-18)17-27-13-4-3-5-14-27;/h6-12H,3-5,13-17H2,1-2H3,(H2,23,25,26);1H. The molecule has 1 aromatic heterocycles. The van der Waals surface area contributed by atoms with E-state index in [-0.39, 0.29) is 24.0 Å². The van der Waals surface area contributed by atoms with Crippen molar-refractivity contribution in [2.75, 3.05) is 27.2 Å². The van der Waals surface area contributed by atoms with E-state index in [9.17, 15) is 0 Å². The normalized spacial score (nSPS) is 14.8. The molecular weight excluding hydrogens is 477 g/mol. The zero-order valence-electron chi connectivity index (χ0n) is 17.4. The molecule has 1 fully saturated rings. The van der Waals surface area contributed by atoms with Crippen LogP contribution < -0.4 is 15.4 Å². The van der Waals surface area contributed by atoms with Crippen LogP contribution in [-0.2, 0) is 19.6 Å². The van der Waals surface area contributed by atoms with E-state index in [2.05, 4.69) is 49.8 Å². The molecular formula is C22H32IN5O. The number of pyridine rings is 1. The summed E-state index contributed by atoms with van der Waals surface area (Å²) in [5, 5.41) is 6.67. The minimum Gasteiger partial charge on any atom is -0.481 e. The first-order chi connectivity index (χ1) is 13.8. The maximum atomic E-state index is 5.29. The maximum absolute atomic E-state index is 5.29. The molecule has 2 N–H and O–H groups in total. The van der Waals surface area contributed by atoms with Gasteiger partial charge in [-0.1, -0.05) is 36.8 Å². The number of piperidine rings is 1. The van der Waals surface area contributed by atoms with E-state index < -0.39 is 0 Å². The Hall–Kier alpha value is -1.87. The highest BCUT2D eigenvalue weighted by molar-refractivity contribution is 14.0. The Morgan fingerprint density at radius 3 is 2.41 bits per heavy atom. The number of methoxy groups -OCH3 is 1. The van der Waals surface area contributed by atoms with E-state index in [1.165, 1.54) is 43.5 Å². The highest BCUT2D eigenvalue weighted by atomic mass is 127. The summed E-state index contributed by atoms with van der Waals surface area (Å²) in [5.41, 5.74) is 3.62. The van der Waals surface area contributed by atoms with Gasteiger partial charge in [0.15, 0.2) is 5.96 Å². The Bertz CT molecular complexity index is 760. The predicted octanol–water partition coefficient (Wildman–Crippen LogP) is 3.56. The lowest BCUT2D eigenvalue weighted by molar-refractivity contribution is 0.221. The van der Waals surface area contributed by atoms with Crippen molar-refractivity contribution in [1.82, 2.24) is 20.5 Å². The number of nitrogens with zero attached hydrogens (tertiary/aromatic N) is 3. The average molecular weight is 509 g/mol. The number of benzene rings is 1. The average Bonchev–Trinajstić information content (AvgIpc) is 2.76. The van der Waals surface area contributed by atoms with Gasteiger partial charge in [-0.3, -0.25) is 9.89 Å². The van der Waals surface area contributed by atoms with E-state index in [1.807, 2.05) is 12.1 Å². The SMILES string of the molecule is CN=C(NCc1ccc(CN2CCCCC2)cc1)NCc1cccnc1OC.I. The number of hydrogen-bond acceptors (Lipinski definition) is 4. The molecule has 1 aliphatic heterocycles. The van der Waals surface area contributed by atoms with Gasteiger partial charge in [-0.15, -0.1) is 24.0 Å². The van der Waals surface area contributed by atoms with Gasteiger partial charge >= 0.3 is 0 Å². The number of hydrogen-bond donors (Lipinski definition) is 2. The van der Waals surface area contributed by atoms with Crippen LogP contribution in [-0.4, -0.2) is 43.1 Å². The van der Waals surface area contributed by atoms with Gasteiger partial charge in [-0.2, -0.15) is 0 Å². The fraction of sp³-hybridized carbons (Fsp3) is 0.455. The Balaban J connectivity index is 0.00000300. The van der Waals surface area contributed by atoms with Gasteiger partial charge in [0.05, 0.1) is 7.11 Å². The van der Waals surface area contributed by atoms with Crippen LogP contribution in [0.5, 0.6) is 5.88 Å².